The lowest BCUT2D eigenvalue weighted by Gasteiger charge is -2.20. The summed E-state index contributed by atoms with van der Waals surface area (Å²) in [6.07, 6.45) is 9.37. The number of nitrogens with one attached hydrogen (secondary N) is 1. The van der Waals surface area contributed by atoms with E-state index < -0.39 is 0 Å². The summed E-state index contributed by atoms with van der Waals surface area (Å²) in [6, 6.07) is 10.1. The molecule has 3 rings (SSSR count). The predicted octanol–water partition coefficient (Wildman–Crippen LogP) is 6.46. The smallest absolute Gasteiger partial charge is 0.134 e. The molecule has 1 heterocycles. The molecule has 1 aliphatic rings. The second-order valence-electron chi connectivity index (χ2n) is 6.35. The summed E-state index contributed by atoms with van der Waals surface area (Å²) in [6.45, 7) is 0.777. The van der Waals surface area contributed by atoms with Gasteiger partial charge in [-0.1, -0.05) is 55.3 Å². The van der Waals surface area contributed by atoms with Crippen LogP contribution in [0.5, 0.6) is 0 Å². The van der Waals surface area contributed by atoms with Crippen molar-refractivity contribution in [1.82, 2.24) is 5.32 Å². The van der Waals surface area contributed by atoms with Gasteiger partial charge >= 0.3 is 0 Å². The summed E-state index contributed by atoms with van der Waals surface area (Å²) in [7, 11) is 0. The highest BCUT2D eigenvalue weighted by Crippen LogP contribution is 2.28. The molecule has 124 valence electrons. The van der Waals surface area contributed by atoms with Gasteiger partial charge in [0.2, 0.25) is 0 Å². The molecule has 2 nitrogen and oxygen atoms in total. The Morgan fingerprint density at radius 3 is 2.26 bits per heavy atom. The van der Waals surface area contributed by atoms with E-state index >= 15 is 0 Å². The first-order valence-corrected chi connectivity index (χ1v) is 9.25. The largest absolute Gasteiger partial charge is 0.460 e. The van der Waals surface area contributed by atoms with Crippen LogP contribution in [0.1, 0.15) is 50.7 Å². The van der Waals surface area contributed by atoms with Gasteiger partial charge in [0, 0.05) is 21.7 Å². The van der Waals surface area contributed by atoms with Crippen molar-refractivity contribution in [3.05, 3.63) is 46.1 Å². The van der Waals surface area contributed by atoms with E-state index in [1.54, 1.807) is 6.07 Å². The van der Waals surface area contributed by atoms with Gasteiger partial charge in [0.25, 0.3) is 0 Å². The van der Waals surface area contributed by atoms with Gasteiger partial charge in [-0.15, -0.1) is 0 Å². The summed E-state index contributed by atoms with van der Waals surface area (Å²) < 4.78 is 5.95. The van der Waals surface area contributed by atoms with Crippen LogP contribution in [0.4, 0.5) is 0 Å². The summed E-state index contributed by atoms with van der Waals surface area (Å²) >= 11 is 12.1. The molecule has 0 bridgehead atoms. The Morgan fingerprint density at radius 1 is 0.913 bits per heavy atom. The number of furan rings is 1. The molecule has 4 heteroatoms. The van der Waals surface area contributed by atoms with Crippen LogP contribution in [-0.2, 0) is 6.54 Å². The number of rotatable bonds is 4. The quantitative estimate of drug-likeness (QED) is 0.683. The third-order valence-electron chi connectivity index (χ3n) is 4.48. The van der Waals surface area contributed by atoms with E-state index in [0.29, 0.717) is 16.1 Å². The molecule has 0 unspecified atom stereocenters. The van der Waals surface area contributed by atoms with Crippen molar-refractivity contribution in [3.8, 4) is 11.3 Å². The average molecular weight is 352 g/mol. The molecular formula is C19H23Cl2NO. The van der Waals surface area contributed by atoms with Gasteiger partial charge in [0.1, 0.15) is 11.5 Å². The van der Waals surface area contributed by atoms with Gasteiger partial charge in [-0.3, -0.25) is 0 Å². The van der Waals surface area contributed by atoms with Crippen LogP contribution in [0.3, 0.4) is 0 Å². The van der Waals surface area contributed by atoms with E-state index in [1.165, 1.54) is 44.9 Å². The van der Waals surface area contributed by atoms with E-state index in [4.69, 9.17) is 27.6 Å². The van der Waals surface area contributed by atoms with E-state index in [-0.39, 0.29) is 0 Å². The van der Waals surface area contributed by atoms with E-state index in [9.17, 15) is 0 Å². The molecule has 0 aliphatic heterocycles. The second-order valence-corrected chi connectivity index (χ2v) is 7.22. The first-order chi connectivity index (χ1) is 11.2. The third kappa shape index (κ3) is 5.00. The molecule has 0 radical (unpaired) electrons. The van der Waals surface area contributed by atoms with Gasteiger partial charge in [-0.05, 0) is 43.2 Å². The molecule has 1 aromatic heterocycles. The molecule has 1 aliphatic carbocycles. The average Bonchev–Trinajstić information content (AvgIpc) is 2.94. The van der Waals surface area contributed by atoms with Crippen LogP contribution in [0.2, 0.25) is 10.0 Å². The lowest BCUT2D eigenvalue weighted by atomic mass is 9.97. The van der Waals surface area contributed by atoms with Crippen molar-refractivity contribution in [2.45, 2.75) is 57.5 Å². The Kier molecular flexibility index (Phi) is 6.04. The van der Waals surface area contributed by atoms with Crippen LogP contribution in [0, 0.1) is 0 Å². The zero-order chi connectivity index (χ0) is 16.1. The molecule has 1 N–H and O–H groups in total. The summed E-state index contributed by atoms with van der Waals surface area (Å²) in [5.41, 5.74) is 0.916. The summed E-state index contributed by atoms with van der Waals surface area (Å²) in [4.78, 5) is 0. The molecule has 0 amide bonds. The molecule has 0 atom stereocenters. The minimum Gasteiger partial charge on any atom is -0.460 e. The van der Waals surface area contributed by atoms with Crippen molar-refractivity contribution in [3.63, 3.8) is 0 Å². The fourth-order valence-corrected chi connectivity index (χ4v) is 3.76. The second kappa shape index (κ2) is 8.23. The van der Waals surface area contributed by atoms with Gasteiger partial charge in [0.05, 0.1) is 6.54 Å². The van der Waals surface area contributed by atoms with Gasteiger partial charge in [-0.2, -0.15) is 0 Å². The number of hydrogen-bond acceptors (Lipinski definition) is 2. The number of hydrogen-bond donors (Lipinski definition) is 1. The van der Waals surface area contributed by atoms with Crippen LogP contribution in [0.25, 0.3) is 11.3 Å². The van der Waals surface area contributed by atoms with E-state index in [2.05, 4.69) is 5.32 Å². The van der Waals surface area contributed by atoms with E-state index in [1.807, 2.05) is 24.3 Å². The monoisotopic (exact) mass is 351 g/mol. The molecule has 23 heavy (non-hydrogen) atoms. The van der Waals surface area contributed by atoms with E-state index in [0.717, 1.165) is 23.6 Å². The van der Waals surface area contributed by atoms with Crippen molar-refractivity contribution >= 4 is 23.2 Å². The van der Waals surface area contributed by atoms with Crippen LogP contribution in [0.15, 0.2) is 34.7 Å². The summed E-state index contributed by atoms with van der Waals surface area (Å²) in [5, 5.41) is 4.89. The highest BCUT2D eigenvalue weighted by atomic mass is 35.5. The Bertz CT molecular complexity index is 610. The Hall–Kier alpha value is -0.960. The molecule has 1 fully saturated rings. The normalized spacial score (nSPS) is 17.0. The Balaban J connectivity index is 1.60. The third-order valence-corrected chi connectivity index (χ3v) is 4.92. The zero-order valence-electron chi connectivity index (χ0n) is 13.3. The maximum atomic E-state index is 6.06. The lowest BCUT2D eigenvalue weighted by Crippen LogP contribution is -2.29. The fraction of sp³-hybridized carbons (Fsp3) is 0.474. The molecule has 0 spiro atoms. The van der Waals surface area contributed by atoms with Crippen molar-refractivity contribution in [1.29, 1.82) is 0 Å². The van der Waals surface area contributed by atoms with Crippen LogP contribution in [-0.4, -0.2) is 6.04 Å². The standard InChI is InChI=1S/C19H23Cl2NO/c20-15-10-14(11-16(21)12-15)19-9-8-18(23-19)13-22-17-6-4-2-1-3-5-7-17/h8-12,17,22H,1-7,13H2. The maximum Gasteiger partial charge on any atom is 0.134 e. The topological polar surface area (TPSA) is 25.2 Å². The minimum absolute atomic E-state index is 0.615. The van der Waals surface area contributed by atoms with Crippen molar-refractivity contribution in [2.75, 3.05) is 0 Å². The number of benzene rings is 1. The number of halogens is 2. The first-order valence-electron chi connectivity index (χ1n) is 8.49. The maximum absolute atomic E-state index is 6.06. The van der Waals surface area contributed by atoms with Crippen molar-refractivity contribution in [2.24, 2.45) is 0 Å². The molecule has 1 aromatic carbocycles. The zero-order valence-corrected chi connectivity index (χ0v) is 14.8. The molecular weight excluding hydrogens is 329 g/mol. The molecule has 0 saturated heterocycles. The van der Waals surface area contributed by atoms with Crippen LogP contribution < -0.4 is 5.32 Å². The Labute approximate surface area is 148 Å². The lowest BCUT2D eigenvalue weighted by molar-refractivity contribution is 0.373. The highest BCUT2D eigenvalue weighted by molar-refractivity contribution is 6.35. The highest BCUT2D eigenvalue weighted by Gasteiger charge is 2.12. The first kappa shape index (κ1) is 16.9. The molecule has 1 saturated carbocycles. The van der Waals surface area contributed by atoms with Crippen molar-refractivity contribution < 1.29 is 4.42 Å². The van der Waals surface area contributed by atoms with Crippen LogP contribution >= 0.6 is 23.2 Å². The predicted molar refractivity (Wildman–Crippen MR) is 97.1 cm³/mol. The summed E-state index contributed by atoms with van der Waals surface area (Å²) in [5.74, 6) is 1.77. The fourth-order valence-electron chi connectivity index (χ4n) is 3.23. The SMILES string of the molecule is Clc1cc(Cl)cc(-c2ccc(CNC3CCCCCCC3)o2)c1. The van der Waals surface area contributed by atoms with Gasteiger partial charge in [-0.25, -0.2) is 0 Å². The minimum atomic E-state index is 0.615. The van der Waals surface area contributed by atoms with Gasteiger partial charge < -0.3 is 9.73 Å². The van der Waals surface area contributed by atoms with Gasteiger partial charge in [0.15, 0.2) is 0 Å². The Morgan fingerprint density at radius 2 is 1.57 bits per heavy atom. The molecule has 2 aromatic rings.